The zero-order valence-electron chi connectivity index (χ0n) is 29.9. The van der Waals surface area contributed by atoms with Crippen LogP contribution in [0, 0.1) is 0 Å². The zero-order chi connectivity index (χ0) is 39.3. The molecular formula is C47H26F3NO4S3. The highest BCUT2D eigenvalue weighted by molar-refractivity contribution is 7.88. The van der Waals surface area contributed by atoms with Crippen molar-refractivity contribution in [3.05, 3.63) is 158 Å². The molecule has 0 unspecified atom stereocenters. The number of anilines is 3. The van der Waals surface area contributed by atoms with Crippen molar-refractivity contribution in [1.82, 2.24) is 0 Å². The summed E-state index contributed by atoms with van der Waals surface area (Å²) in [6, 6.07) is 50.6. The highest BCUT2D eigenvalue weighted by Gasteiger charge is 2.48. The van der Waals surface area contributed by atoms with E-state index in [2.05, 4.69) is 54.6 Å². The summed E-state index contributed by atoms with van der Waals surface area (Å²) >= 11 is 3.40. The molecular weight excluding hydrogens is 796 g/mol. The Hall–Kier alpha value is -6.40. The molecule has 0 aliphatic heterocycles. The summed E-state index contributed by atoms with van der Waals surface area (Å²) in [5, 5.41) is 7.66. The minimum Gasteiger partial charge on any atom is -0.454 e. The smallest absolute Gasteiger partial charge is 0.454 e. The van der Waals surface area contributed by atoms with Gasteiger partial charge in [0.05, 0.1) is 5.69 Å². The van der Waals surface area contributed by atoms with Crippen molar-refractivity contribution in [1.29, 1.82) is 0 Å². The molecule has 0 fully saturated rings. The average Bonchev–Trinajstić information content (AvgIpc) is 3.91. The fourth-order valence-corrected chi connectivity index (χ4v) is 10.6. The van der Waals surface area contributed by atoms with E-state index in [1.165, 1.54) is 27.6 Å². The first-order valence-electron chi connectivity index (χ1n) is 18.2. The van der Waals surface area contributed by atoms with Crippen molar-refractivity contribution in [3.63, 3.8) is 0 Å². The minimum atomic E-state index is -6.02. The SMILES string of the molecule is O=S(=O)(Oc1cc(N(c2ccccc2)c2ccc3sc4ccccc4c3c2)c2oc3ccc(-c4ccc5sc6ccc7ccccc7c6c5c4)cc3c2c1)C(F)(F)F. The number of para-hydroxylation sites is 1. The summed E-state index contributed by atoms with van der Waals surface area (Å²) in [5.74, 6) is -0.506. The third kappa shape index (κ3) is 5.53. The summed E-state index contributed by atoms with van der Waals surface area (Å²) in [4.78, 5) is 1.85. The van der Waals surface area contributed by atoms with Gasteiger partial charge in [0.25, 0.3) is 0 Å². The topological polar surface area (TPSA) is 59.8 Å². The number of alkyl halides is 3. The first kappa shape index (κ1) is 34.8. The van der Waals surface area contributed by atoms with Gasteiger partial charge in [-0.15, -0.1) is 22.7 Å². The molecule has 0 amide bonds. The van der Waals surface area contributed by atoms with Gasteiger partial charge < -0.3 is 13.5 Å². The molecule has 0 atom stereocenters. The highest BCUT2D eigenvalue weighted by atomic mass is 32.2. The molecule has 0 spiro atoms. The fraction of sp³-hybridized carbons (Fsp3) is 0.0213. The number of rotatable bonds is 6. The van der Waals surface area contributed by atoms with Crippen LogP contribution >= 0.6 is 22.7 Å². The van der Waals surface area contributed by atoms with Crippen LogP contribution in [0.5, 0.6) is 5.75 Å². The number of thiophene rings is 2. The largest absolute Gasteiger partial charge is 0.534 e. The van der Waals surface area contributed by atoms with Gasteiger partial charge in [-0.05, 0) is 94.7 Å². The van der Waals surface area contributed by atoms with E-state index < -0.39 is 21.4 Å². The maximum atomic E-state index is 13.8. The third-order valence-corrected chi connectivity index (χ3v) is 13.8. The number of furan rings is 1. The highest BCUT2D eigenvalue weighted by Crippen LogP contribution is 2.48. The van der Waals surface area contributed by atoms with Gasteiger partial charge in [-0.1, -0.05) is 78.9 Å². The minimum absolute atomic E-state index is 0.297. The number of benzene rings is 8. The average molecular weight is 822 g/mol. The maximum absolute atomic E-state index is 13.8. The summed E-state index contributed by atoms with van der Waals surface area (Å²) in [6.07, 6.45) is 0. The second-order valence-corrected chi connectivity index (χ2v) is 17.7. The van der Waals surface area contributed by atoms with Crippen molar-refractivity contribution >= 4 is 123 Å². The molecule has 5 nitrogen and oxygen atoms in total. The Labute approximate surface area is 336 Å². The van der Waals surface area contributed by atoms with Gasteiger partial charge in [-0.2, -0.15) is 21.6 Å². The van der Waals surface area contributed by atoms with Crippen LogP contribution in [0.15, 0.2) is 162 Å². The fourth-order valence-electron chi connectivity index (χ4n) is 7.99. The lowest BCUT2D eigenvalue weighted by Gasteiger charge is -2.26. The molecule has 0 aliphatic rings. The standard InChI is InChI=1S/C47H26F3NO4S3/c48-47(49,50)58(52,53)55-32-25-37-35-22-28(29-16-19-43-38(23-29)45-33-11-5-4-8-27(33)15-20-44(45)57-43)14-18-40(35)54-46(37)39(26-32)51(30-9-2-1-3-10-30)31-17-21-42-36(24-31)34-12-6-7-13-41(34)56-42/h1-26H. The Morgan fingerprint density at radius 2 is 1.19 bits per heavy atom. The van der Waals surface area contributed by atoms with E-state index >= 15 is 0 Å². The second-order valence-electron chi connectivity index (χ2n) is 14.0. The first-order chi connectivity index (χ1) is 28.1. The van der Waals surface area contributed by atoms with Gasteiger partial charge in [0.2, 0.25) is 0 Å². The first-order valence-corrected chi connectivity index (χ1v) is 21.3. The molecule has 3 heterocycles. The van der Waals surface area contributed by atoms with E-state index in [9.17, 15) is 21.6 Å². The third-order valence-electron chi connectivity index (χ3n) is 10.6. The molecule has 0 N–H and O–H groups in total. The summed E-state index contributed by atoms with van der Waals surface area (Å²) < 4.78 is 82.6. The molecule has 58 heavy (non-hydrogen) atoms. The molecule has 11 aromatic rings. The van der Waals surface area contributed by atoms with Crippen LogP contribution in [0.25, 0.3) is 84.2 Å². The normalized spacial score (nSPS) is 12.5. The molecule has 11 heteroatoms. The van der Waals surface area contributed by atoms with Crippen molar-refractivity contribution in [2.45, 2.75) is 5.51 Å². The quantitative estimate of drug-likeness (QED) is 0.123. The van der Waals surface area contributed by atoms with Crippen LogP contribution < -0.4 is 9.08 Å². The van der Waals surface area contributed by atoms with Gasteiger partial charge in [-0.25, -0.2) is 0 Å². The van der Waals surface area contributed by atoms with Crippen LogP contribution in [0.3, 0.4) is 0 Å². The zero-order valence-corrected chi connectivity index (χ0v) is 32.4. The lowest BCUT2D eigenvalue weighted by atomic mass is 9.99. The van der Waals surface area contributed by atoms with Crippen LogP contribution in [0.2, 0.25) is 0 Å². The van der Waals surface area contributed by atoms with Gasteiger partial charge in [0.1, 0.15) is 11.3 Å². The summed E-state index contributed by atoms with van der Waals surface area (Å²) in [7, 11) is -6.02. The van der Waals surface area contributed by atoms with Crippen LogP contribution in [-0.2, 0) is 10.1 Å². The molecule has 3 aromatic heterocycles. The predicted molar refractivity (Wildman–Crippen MR) is 233 cm³/mol. The molecule has 0 saturated carbocycles. The van der Waals surface area contributed by atoms with E-state index in [-0.39, 0.29) is 0 Å². The van der Waals surface area contributed by atoms with Crippen LogP contribution in [-0.4, -0.2) is 13.9 Å². The lowest BCUT2D eigenvalue weighted by Crippen LogP contribution is -2.28. The Morgan fingerprint density at radius 1 is 0.534 bits per heavy atom. The molecule has 8 aromatic carbocycles. The van der Waals surface area contributed by atoms with Crippen molar-refractivity contribution in [2.24, 2.45) is 0 Å². The van der Waals surface area contributed by atoms with Gasteiger partial charge >= 0.3 is 15.6 Å². The van der Waals surface area contributed by atoms with Crippen molar-refractivity contribution < 1.29 is 30.2 Å². The number of hydrogen-bond acceptors (Lipinski definition) is 7. The van der Waals surface area contributed by atoms with Gasteiger partial charge in [-0.3, -0.25) is 0 Å². The number of nitrogens with zero attached hydrogens (tertiary/aromatic N) is 1. The Morgan fingerprint density at radius 3 is 2.02 bits per heavy atom. The molecule has 0 radical (unpaired) electrons. The van der Waals surface area contributed by atoms with Crippen molar-refractivity contribution in [2.75, 3.05) is 4.90 Å². The molecule has 11 rings (SSSR count). The lowest BCUT2D eigenvalue weighted by molar-refractivity contribution is -0.0500. The number of hydrogen-bond donors (Lipinski definition) is 0. The van der Waals surface area contributed by atoms with E-state index in [1.54, 1.807) is 22.7 Å². The predicted octanol–water partition coefficient (Wildman–Crippen LogP) is 14.8. The number of halogens is 3. The summed E-state index contributed by atoms with van der Waals surface area (Å²) in [6.45, 7) is 0. The van der Waals surface area contributed by atoms with E-state index in [1.807, 2.05) is 95.9 Å². The molecule has 0 bridgehead atoms. The Kier molecular flexibility index (Phi) is 7.69. The number of fused-ring (bicyclic) bond motifs is 11. The molecule has 282 valence electrons. The van der Waals surface area contributed by atoms with E-state index in [0.29, 0.717) is 39.0 Å². The van der Waals surface area contributed by atoms with Crippen LogP contribution in [0.4, 0.5) is 30.2 Å². The van der Waals surface area contributed by atoms with Crippen molar-refractivity contribution in [3.8, 4) is 16.9 Å². The molecule has 0 saturated heterocycles. The van der Waals surface area contributed by atoms with E-state index in [0.717, 1.165) is 46.8 Å². The van der Waals surface area contributed by atoms with Gasteiger partial charge in [0, 0.05) is 68.6 Å². The van der Waals surface area contributed by atoms with Gasteiger partial charge in [0.15, 0.2) is 5.58 Å². The second kappa shape index (κ2) is 12.8. The van der Waals surface area contributed by atoms with E-state index in [4.69, 9.17) is 8.60 Å². The maximum Gasteiger partial charge on any atom is 0.534 e. The molecule has 0 aliphatic carbocycles. The summed E-state index contributed by atoms with van der Waals surface area (Å²) in [5.41, 5.74) is -1.40. The Bertz CT molecular complexity index is 3570. The Balaban J connectivity index is 1.15. The van der Waals surface area contributed by atoms with Crippen LogP contribution in [0.1, 0.15) is 0 Å². The monoisotopic (exact) mass is 821 g/mol.